The maximum Gasteiger partial charge on any atom is 0.254 e. The van der Waals surface area contributed by atoms with E-state index in [4.69, 9.17) is 0 Å². The van der Waals surface area contributed by atoms with Crippen LogP contribution in [0.3, 0.4) is 0 Å². The van der Waals surface area contributed by atoms with Crippen molar-refractivity contribution in [1.82, 2.24) is 4.57 Å². The Hall–Kier alpha value is -2.23. The molecule has 1 heterocycles. The van der Waals surface area contributed by atoms with Crippen LogP contribution in [-0.2, 0) is 13.1 Å². The minimum Gasteiger partial charge on any atom is -0.284 e. The summed E-state index contributed by atoms with van der Waals surface area (Å²) in [5.41, 5.74) is 2.26. The molecule has 132 valence electrons. The predicted molar refractivity (Wildman–Crippen MR) is 97.1 cm³/mol. The van der Waals surface area contributed by atoms with Gasteiger partial charge in [0.05, 0.1) is 13.1 Å². The molecule has 1 aliphatic carbocycles. The van der Waals surface area contributed by atoms with Crippen LogP contribution in [0.2, 0.25) is 0 Å². The molecule has 0 saturated carbocycles. The van der Waals surface area contributed by atoms with Crippen molar-refractivity contribution in [3.05, 3.63) is 52.6 Å². The number of nitrogens with zero attached hydrogens (tertiary/aromatic N) is 2. The van der Waals surface area contributed by atoms with E-state index in [0.717, 1.165) is 51.0 Å². The molecule has 0 atom stereocenters. The summed E-state index contributed by atoms with van der Waals surface area (Å²) in [5.74, 6) is 0.989. The highest BCUT2D eigenvalue weighted by molar-refractivity contribution is 6.26. The van der Waals surface area contributed by atoms with Crippen molar-refractivity contribution in [3.8, 4) is 0 Å². The number of imidazole rings is 1. The molecular weight excluding hydrogens is 312 g/mol. The van der Waals surface area contributed by atoms with Crippen LogP contribution in [0, 0.1) is 6.92 Å². The van der Waals surface area contributed by atoms with E-state index in [2.05, 4.69) is 23.0 Å². The Kier molecular flexibility index (Phi) is 5.16. The molecule has 1 aromatic heterocycles. The standard InChI is InChI=1S/C21H27N2O2/c1-4-6-10-14-23-15(3)22(13-7-5-2)18-19(23)21(25)17-12-9-8-11-16(17)20(18)24/h8-9,11-12H,4-7,10,13-14H2,1-3H3/q+1. The average molecular weight is 339 g/mol. The van der Waals surface area contributed by atoms with E-state index in [0.29, 0.717) is 22.5 Å². The van der Waals surface area contributed by atoms with Crippen LogP contribution < -0.4 is 4.57 Å². The molecule has 1 aromatic carbocycles. The van der Waals surface area contributed by atoms with Crippen LogP contribution in [-0.4, -0.2) is 16.1 Å². The Morgan fingerprint density at radius 1 is 0.920 bits per heavy atom. The first kappa shape index (κ1) is 17.6. The van der Waals surface area contributed by atoms with Crippen molar-refractivity contribution < 1.29 is 14.2 Å². The Bertz CT molecular complexity index is 818. The van der Waals surface area contributed by atoms with Gasteiger partial charge in [-0.05, 0) is 19.3 Å². The van der Waals surface area contributed by atoms with Crippen molar-refractivity contribution in [2.24, 2.45) is 0 Å². The molecule has 0 amide bonds. The third-order valence-electron chi connectivity index (χ3n) is 5.11. The maximum atomic E-state index is 13.2. The van der Waals surface area contributed by atoms with E-state index in [1.807, 2.05) is 19.1 Å². The van der Waals surface area contributed by atoms with E-state index in [9.17, 15) is 9.59 Å². The Morgan fingerprint density at radius 2 is 1.56 bits per heavy atom. The van der Waals surface area contributed by atoms with Gasteiger partial charge in [-0.15, -0.1) is 0 Å². The molecule has 1 aliphatic rings. The van der Waals surface area contributed by atoms with Gasteiger partial charge in [0.2, 0.25) is 23.0 Å². The lowest BCUT2D eigenvalue weighted by molar-refractivity contribution is -0.704. The fraction of sp³-hybridized carbons (Fsp3) is 0.476. The Balaban J connectivity index is 2.15. The Labute approximate surface area is 149 Å². The van der Waals surface area contributed by atoms with Gasteiger partial charge in [0.1, 0.15) is 0 Å². The molecule has 4 heteroatoms. The number of ketones is 2. The monoisotopic (exact) mass is 339 g/mol. The van der Waals surface area contributed by atoms with Crippen molar-refractivity contribution in [1.29, 1.82) is 0 Å². The minimum atomic E-state index is -0.0151. The van der Waals surface area contributed by atoms with Gasteiger partial charge in [0.15, 0.2) is 0 Å². The van der Waals surface area contributed by atoms with Crippen molar-refractivity contribution in [2.75, 3.05) is 0 Å². The van der Waals surface area contributed by atoms with Gasteiger partial charge >= 0.3 is 0 Å². The molecule has 0 aliphatic heterocycles. The van der Waals surface area contributed by atoms with Gasteiger partial charge in [-0.1, -0.05) is 51.0 Å². The van der Waals surface area contributed by atoms with E-state index >= 15 is 0 Å². The summed E-state index contributed by atoms with van der Waals surface area (Å²) < 4.78 is 4.15. The number of carbonyl (C=O) groups excluding carboxylic acids is 2. The van der Waals surface area contributed by atoms with Crippen LogP contribution in [0.5, 0.6) is 0 Å². The molecule has 0 bridgehead atoms. The van der Waals surface area contributed by atoms with Crippen molar-refractivity contribution in [3.63, 3.8) is 0 Å². The molecule has 2 aromatic rings. The zero-order chi connectivity index (χ0) is 18.0. The van der Waals surface area contributed by atoms with E-state index in [1.54, 1.807) is 12.1 Å². The smallest absolute Gasteiger partial charge is 0.254 e. The number of hydrogen-bond acceptors (Lipinski definition) is 2. The van der Waals surface area contributed by atoms with Crippen molar-refractivity contribution in [2.45, 2.75) is 66.0 Å². The molecule has 0 unspecified atom stereocenters. The highest BCUT2D eigenvalue weighted by atomic mass is 16.1. The lowest BCUT2D eigenvalue weighted by Gasteiger charge is -2.12. The van der Waals surface area contributed by atoms with Crippen molar-refractivity contribution >= 4 is 11.6 Å². The van der Waals surface area contributed by atoms with Crippen LogP contribution in [0.4, 0.5) is 0 Å². The first-order valence-electron chi connectivity index (χ1n) is 9.43. The summed E-state index contributed by atoms with van der Waals surface area (Å²) in [6.07, 6.45) is 5.34. The summed E-state index contributed by atoms with van der Waals surface area (Å²) in [4.78, 5) is 26.3. The number of aromatic nitrogens is 2. The minimum absolute atomic E-state index is 0.0138. The summed E-state index contributed by atoms with van der Waals surface area (Å²) in [7, 11) is 0. The summed E-state index contributed by atoms with van der Waals surface area (Å²) in [6, 6.07) is 7.20. The molecule has 0 saturated heterocycles. The van der Waals surface area contributed by atoms with Crippen LogP contribution >= 0.6 is 0 Å². The quantitative estimate of drug-likeness (QED) is 0.485. The predicted octanol–water partition coefficient (Wildman–Crippen LogP) is 3.85. The van der Waals surface area contributed by atoms with Crippen LogP contribution in [0.25, 0.3) is 0 Å². The van der Waals surface area contributed by atoms with E-state index in [1.165, 1.54) is 0 Å². The fourth-order valence-corrected chi connectivity index (χ4v) is 3.70. The highest BCUT2D eigenvalue weighted by Gasteiger charge is 2.42. The summed E-state index contributed by atoms with van der Waals surface area (Å²) >= 11 is 0. The summed E-state index contributed by atoms with van der Waals surface area (Å²) in [6.45, 7) is 7.92. The number of benzene rings is 1. The molecule has 0 spiro atoms. The van der Waals surface area contributed by atoms with Gasteiger partial charge in [-0.3, -0.25) is 9.59 Å². The largest absolute Gasteiger partial charge is 0.284 e. The second-order valence-corrected chi connectivity index (χ2v) is 6.81. The maximum absolute atomic E-state index is 13.2. The zero-order valence-corrected chi connectivity index (χ0v) is 15.5. The molecule has 0 radical (unpaired) electrons. The molecular formula is C21H27N2O2+. The topological polar surface area (TPSA) is 43.0 Å². The second-order valence-electron chi connectivity index (χ2n) is 6.81. The number of fused-ring (bicyclic) bond motifs is 2. The normalized spacial score (nSPS) is 13.1. The lowest BCUT2D eigenvalue weighted by Crippen LogP contribution is -2.43. The lowest BCUT2D eigenvalue weighted by atomic mass is 9.90. The first-order chi connectivity index (χ1) is 12.1. The molecule has 3 rings (SSSR count). The highest BCUT2D eigenvalue weighted by Crippen LogP contribution is 2.27. The van der Waals surface area contributed by atoms with E-state index in [-0.39, 0.29) is 11.6 Å². The number of unbranched alkanes of at least 4 members (excludes halogenated alkanes) is 3. The molecule has 0 fully saturated rings. The average Bonchev–Trinajstić information content (AvgIpc) is 2.91. The van der Waals surface area contributed by atoms with E-state index < -0.39 is 0 Å². The number of carbonyl (C=O) groups is 2. The van der Waals surface area contributed by atoms with Gasteiger partial charge in [-0.2, -0.15) is 0 Å². The first-order valence-corrected chi connectivity index (χ1v) is 9.43. The fourth-order valence-electron chi connectivity index (χ4n) is 3.70. The zero-order valence-electron chi connectivity index (χ0n) is 15.5. The Morgan fingerprint density at radius 3 is 2.20 bits per heavy atom. The number of hydrogen-bond donors (Lipinski definition) is 0. The molecule has 25 heavy (non-hydrogen) atoms. The number of rotatable bonds is 7. The van der Waals surface area contributed by atoms with Gasteiger partial charge in [-0.25, -0.2) is 9.13 Å². The molecule has 0 N–H and O–H groups in total. The third kappa shape index (κ3) is 2.94. The van der Waals surface area contributed by atoms with Gasteiger partial charge in [0, 0.05) is 18.1 Å². The van der Waals surface area contributed by atoms with Gasteiger partial charge in [0.25, 0.3) is 5.82 Å². The third-order valence-corrected chi connectivity index (χ3v) is 5.11. The second kappa shape index (κ2) is 7.34. The van der Waals surface area contributed by atoms with Crippen LogP contribution in [0.1, 0.15) is 83.9 Å². The summed E-state index contributed by atoms with van der Waals surface area (Å²) in [5, 5.41) is 0. The van der Waals surface area contributed by atoms with Crippen LogP contribution in [0.15, 0.2) is 24.3 Å². The molecule has 4 nitrogen and oxygen atoms in total. The SMILES string of the molecule is CCCCC[n+]1c2c(n(CCCC)c1C)C(=O)c1ccccc1C2=O. The van der Waals surface area contributed by atoms with Gasteiger partial charge < -0.3 is 0 Å².